The number of aliphatic imine (C=N–C) groups is 1. The van der Waals surface area contributed by atoms with Gasteiger partial charge in [0.1, 0.15) is 0 Å². The van der Waals surface area contributed by atoms with Gasteiger partial charge >= 0.3 is 0 Å². The highest BCUT2D eigenvalue weighted by Crippen LogP contribution is 2.12. The maximum Gasteiger partial charge on any atom is 0.224 e. The van der Waals surface area contributed by atoms with E-state index in [0.29, 0.717) is 38.5 Å². The molecule has 1 aromatic carbocycles. The fourth-order valence-corrected chi connectivity index (χ4v) is 3.32. The first-order valence-electron chi connectivity index (χ1n) is 11.5. The Morgan fingerprint density at radius 2 is 2.18 bits per heavy atom. The number of methoxy groups -OCH3 is 1. The minimum Gasteiger partial charge on any atom is -0.383 e. The normalized spacial score (nSPS) is 18.1. The van der Waals surface area contributed by atoms with Crippen LogP contribution in [0.1, 0.15) is 31.7 Å². The third kappa shape index (κ3) is 11.7. The number of carbonyl (C=O) groups excluding carboxylic acids is 2. The van der Waals surface area contributed by atoms with E-state index < -0.39 is 0 Å². The van der Waals surface area contributed by atoms with Crippen LogP contribution in [0.2, 0.25) is 0 Å². The molecule has 0 bridgehead atoms. The first kappa shape index (κ1) is 26.6. The number of amides is 2. The maximum absolute atomic E-state index is 12.0. The molecule has 0 radical (unpaired) electrons. The van der Waals surface area contributed by atoms with Crippen molar-refractivity contribution in [3.05, 3.63) is 29.8 Å². The van der Waals surface area contributed by atoms with Gasteiger partial charge in [-0.05, 0) is 43.9 Å². The lowest BCUT2D eigenvalue weighted by molar-refractivity contribution is -0.116. The average molecular weight is 463 g/mol. The van der Waals surface area contributed by atoms with Gasteiger partial charge < -0.3 is 30.7 Å². The molecule has 1 saturated heterocycles. The smallest absolute Gasteiger partial charge is 0.224 e. The Hall–Kier alpha value is -2.69. The Morgan fingerprint density at radius 3 is 2.76 bits per heavy atom. The van der Waals surface area contributed by atoms with Gasteiger partial charge in [-0.15, -0.1) is 0 Å². The van der Waals surface area contributed by atoms with E-state index in [1.165, 1.54) is 0 Å². The number of anilines is 1. The third-order valence-electron chi connectivity index (χ3n) is 5.06. The second-order valence-corrected chi connectivity index (χ2v) is 8.00. The molecule has 1 fully saturated rings. The van der Waals surface area contributed by atoms with E-state index in [-0.39, 0.29) is 11.9 Å². The van der Waals surface area contributed by atoms with Crippen LogP contribution >= 0.6 is 0 Å². The molecule has 184 valence electrons. The number of ether oxygens (including phenoxy) is 2. The van der Waals surface area contributed by atoms with Crippen molar-refractivity contribution < 1.29 is 19.1 Å². The van der Waals surface area contributed by atoms with Crippen molar-refractivity contribution in [1.82, 2.24) is 21.3 Å². The number of nitrogens with one attached hydrogen (secondary N) is 5. The molecule has 2 amide bonds. The molecule has 2 aliphatic rings. The zero-order valence-corrected chi connectivity index (χ0v) is 19.7. The van der Waals surface area contributed by atoms with Crippen molar-refractivity contribution >= 4 is 24.0 Å². The first-order valence-corrected chi connectivity index (χ1v) is 11.5. The molecule has 0 spiro atoms. The predicted molar refractivity (Wildman–Crippen MR) is 129 cm³/mol. The van der Waals surface area contributed by atoms with Gasteiger partial charge in [-0.2, -0.15) is 0 Å². The summed E-state index contributed by atoms with van der Waals surface area (Å²) in [5.41, 5.74) is 1.83. The summed E-state index contributed by atoms with van der Waals surface area (Å²) < 4.78 is 10.1. The summed E-state index contributed by atoms with van der Waals surface area (Å²) >= 11 is 0. The lowest BCUT2D eigenvalue weighted by Crippen LogP contribution is -2.41. The van der Waals surface area contributed by atoms with Crippen LogP contribution < -0.4 is 26.6 Å². The van der Waals surface area contributed by atoms with Crippen molar-refractivity contribution in [2.24, 2.45) is 4.99 Å². The lowest BCUT2D eigenvalue weighted by Gasteiger charge is -2.16. The molecule has 2 unspecified atom stereocenters. The molecular formula is C23H38N6O4. The Labute approximate surface area is 196 Å². The van der Waals surface area contributed by atoms with Gasteiger partial charge in [0.05, 0.1) is 25.5 Å². The molecule has 10 nitrogen and oxygen atoms in total. The number of nitrogens with zero attached hydrogens (tertiary/aromatic N) is 1. The van der Waals surface area contributed by atoms with E-state index in [1.54, 1.807) is 7.11 Å². The molecule has 1 aromatic rings. The molecule has 33 heavy (non-hydrogen) atoms. The van der Waals surface area contributed by atoms with E-state index in [1.807, 2.05) is 24.3 Å². The SMILES string of the molecule is CC1CNCO1.COCC(Cc1ccc(NC(=O)CCCNC2=NCCCN2)cc1)NC=O. The number of hydrogen-bond acceptors (Lipinski definition) is 8. The Morgan fingerprint density at radius 1 is 1.36 bits per heavy atom. The van der Waals surface area contributed by atoms with Gasteiger partial charge in [-0.1, -0.05) is 12.1 Å². The summed E-state index contributed by atoms with van der Waals surface area (Å²) in [6.45, 7) is 6.76. The van der Waals surface area contributed by atoms with Crippen LogP contribution in [-0.4, -0.2) is 77.0 Å². The number of rotatable bonds is 11. The van der Waals surface area contributed by atoms with Crippen molar-refractivity contribution in [2.45, 2.75) is 44.8 Å². The van der Waals surface area contributed by atoms with Crippen LogP contribution in [-0.2, 0) is 25.5 Å². The van der Waals surface area contributed by atoms with Crippen LogP contribution in [0.3, 0.4) is 0 Å². The highest BCUT2D eigenvalue weighted by Gasteiger charge is 2.09. The minimum absolute atomic E-state index is 0.0111. The van der Waals surface area contributed by atoms with Gasteiger partial charge in [-0.3, -0.25) is 19.9 Å². The molecule has 0 aromatic heterocycles. The largest absolute Gasteiger partial charge is 0.383 e. The summed E-state index contributed by atoms with van der Waals surface area (Å²) in [6.07, 6.45) is 4.04. The van der Waals surface area contributed by atoms with Crippen LogP contribution in [0, 0.1) is 0 Å². The molecule has 5 N–H and O–H groups in total. The highest BCUT2D eigenvalue weighted by atomic mass is 16.5. The van der Waals surface area contributed by atoms with Gasteiger partial charge in [0, 0.05) is 45.4 Å². The topological polar surface area (TPSA) is 125 Å². The molecule has 2 heterocycles. The van der Waals surface area contributed by atoms with Crippen LogP contribution in [0.4, 0.5) is 5.69 Å². The summed E-state index contributed by atoms with van der Waals surface area (Å²) in [4.78, 5) is 27.0. The van der Waals surface area contributed by atoms with E-state index >= 15 is 0 Å². The predicted octanol–water partition coefficient (Wildman–Crippen LogP) is 0.600. The van der Waals surface area contributed by atoms with Crippen LogP contribution in [0.15, 0.2) is 29.3 Å². The molecule has 3 rings (SSSR count). The van der Waals surface area contributed by atoms with Crippen molar-refractivity contribution in [1.29, 1.82) is 0 Å². The summed E-state index contributed by atoms with van der Waals surface area (Å²) in [6, 6.07) is 7.57. The molecular weight excluding hydrogens is 424 g/mol. The Kier molecular flexibility index (Phi) is 12.9. The number of carbonyl (C=O) groups is 2. The fraction of sp³-hybridized carbons (Fsp3) is 0.609. The van der Waals surface area contributed by atoms with Gasteiger partial charge in [0.25, 0.3) is 0 Å². The van der Waals surface area contributed by atoms with Crippen molar-refractivity contribution in [3.63, 3.8) is 0 Å². The maximum atomic E-state index is 12.0. The standard InChI is InChI=1S/C19H29N5O3.C4H9NO/c1-27-13-17(23-14-25)12-15-5-7-16(8-6-15)24-18(26)4-2-9-20-19-21-10-3-11-22-19;1-4-2-5-3-6-4/h5-8,14,17H,2-4,9-13H2,1H3,(H,23,25)(H,24,26)(H2,20,21,22);4-5H,2-3H2,1H3. The monoisotopic (exact) mass is 462 g/mol. The minimum atomic E-state index is -0.0660. The van der Waals surface area contributed by atoms with E-state index in [4.69, 9.17) is 9.47 Å². The van der Waals surface area contributed by atoms with E-state index in [9.17, 15) is 9.59 Å². The van der Waals surface area contributed by atoms with Crippen molar-refractivity contribution in [2.75, 3.05) is 51.9 Å². The van der Waals surface area contributed by atoms with Gasteiger partial charge in [0.15, 0.2) is 5.96 Å². The quantitative estimate of drug-likeness (QED) is 0.241. The molecule has 2 atom stereocenters. The number of guanidine groups is 1. The van der Waals surface area contributed by atoms with Gasteiger partial charge in [0.2, 0.25) is 12.3 Å². The summed E-state index contributed by atoms with van der Waals surface area (Å²) in [5, 5.41) is 15.1. The van der Waals surface area contributed by atoms with Crippen LogP contribution in [0.25, 0.3) is 0 Å². The van der Waals surface area contributed by atoms with Gasteiger partial charge in [-0.25, -0.2) is 0 Å². The fourth-order valence-electron chi connectivity index (χ4n) is 3.32. The number of benzene rings is 1. The van der Waals surface area contributed by atoms with Crippen LogP contribution in [0.5, 0.6) is 0 Å². The second kappa shape index (κ2) is 16.0. The second-order valence-electron chi connectivity index (χ2n) is 8.00. The molecule has 0 aliphatic carbocycles. The zero-order valence-electron chi connectivity index (χ0n) is 19.7. The van der Waals surface area contributed by atoms with Crippen molar-refractivity contribution in [3.8, 4) is 0 Å². The molecule has 2 aliphatic heterocycles. The lowest BCUT2D eigenvalue weighted by atomic mass is 10.1. The average Bonchev–Trinajstić information content (AvgIpc) is 3.30. The summed E-state index contributed by atoms with van der Waals surface area (Å²) in [5.74, 6) is 0.816. The first-order chi connectivity index (χ1) is 16.1. The Bertz CT molecular complexity index is 722. The third-order valence-corrected chi connectivity index (χ3v) is 5.06. The summed E-state index contributed by atoms with van der Waals surface area (Å²) in [7, 11) is 1.60. The van der Waals surface area contributed by atoms with E-state index in [0.717, 1.165) is 56.4 Å². The number of hydrogen-bond donors (Lipinski definition) is 5. The highest BCUT2D eigenvalue weighted by molar-refractivity contribution is 5.90. The molecule has 10 heteroatoms. The van der Waals surface area contributed by atoms with E-state index in [2.05, 4.69) is 38.5 Å². The Balaban J connectivity index is 0.000000554. The molecule has 0 saturated carbocycles. The zero-order chi connectivity index (χ0) is 23.7.